The number of carbonyl (C=O) groups excluding carboxylic acids is 1. The fourth-order valence-corrected chi connectivity index (χ4v) is 2.02. The second-order valence-electron chi connectivity index (χ2n) is 4.82. The topological polar surface area (TPSA) is 55.1 Å². The number of nitrogens with two attached hydrogens (primary N) is 1. The molecule has 0 aliphatic carbocycles. The summed E-state index contributed by atoms with van der Waals surface area (Å²) in [5.74, 6) is -0.140. The summed E-state index contributed by atoms with van der Waals surface area (Å²) < 4.78 is 0. The van der Waals surface area contributed by atoms with Crippen molar-refractivity contribution in [1.29, 1.82) is 0 Å². The van der Waals surface area contributed by atoms with Gasteiger partial charge in [0.05, 0.1) is 6.04 Å². The maximum atomic E-state index is 12.2. The van der Waals surface area contributed by atoms with E-state index in [0.717, 1.165) is 11.1 Å². The molecule has 104 valence electrons. The molecule has 3 N–H and O–H groups in total. The Morgan fingerprint density at radius 1 is 1.20 bits per heavy atom. The summed E-state index contributed by atoms with van der Waals surface area (Å²) in [6.45, 7) is 3.84. The monoisotopic (exact) mass is 288 g/mol. The highest BCUT2D eigenvalue weighted by Gasteiger charge is 2.12. The highest BCUT2D eigenvalue weighted by Crippen LogP contribution is 2.18. The number of hydrogen-bond acceptors (Lipinski definition) is 2. The molecular formula is C16H17ClN2O. The molecule has 0 aliphatic rings. The summed E-state index contributed by atoms with van der Waals surface area (Å²) in [5.41, 5.74) is 8.98. The van der Waals surface area contributed by atoms with Gasteiger partial charge in [0.1, 0.15) is 0 Å². The van der Waals surface area contributed by atoms with Crippen LogP contribution in [0.1, 0.15) is 34.5 Å². The summed E-state index contributed by atoms with van der Waals surface area (Å²) in [6.07, 6.45) is 0. The third kappa shape index (κ3) is 3.31. The quantitative estimate of drug-likeness (QED) is 0.846. The number of rotatable bonds is 3. The molecule has 0 heterocycles. The number of hydrogen-bond donors (Lipinski definition) is 2. The minimum absolute atomic E-state index is 0.0951. The molecule has 3 nitrogen and oxygen atoms in total. The first-order valence-electron chi connectivity index (χ1n) is 6.40. The third-order valence-corrected chi connectivity index (χ3v) is 3.51. The Morgan fingerprint density at radius 2 is 1.85 bits per heavy atom. The van der Waals surface area contributed by atoms with Crippen LogP contribution in [0.25, 0.3) is 0 Å². The van der Waals surface area contributed by atoms with Gasteiger partial charge in [0.15, 0.2) is 0 Å². The van der Waals surface area contributed by atoms with Crippen LogP contribution < -0.4 is 11.1 Å². The van der Waals surface area contributed by atoms with E-state index in [1.165, 1.54) is 0 Å². The standard InChI is InChI=1S/C16H17ClN2O/c1-10-3-4-13(9-15(10)18)16(20)19-11(2)12-5-7-14(17)8-6-12/h3-9,11H,18H2,1-2H3,(H,19,20)/t11-/m1/s1. The molecule has 2 aromatic carbocycles. The van der Waals surface area contributed by atoms with Gasteiger partial charge in [0.2, 0.25) is 0 Å². The molecule has 1 amide bonds. The summed E-state index contributed by atoms with van der Waals surface area (Å²) >= 11 is 5.85. The molecule has 4 heteroatoms. The second kappa shape index (κ2) is 5.97. The van der Waals surface area contributed by atoms with E-state index < -0.39 is 0 Å². The summed E-state index contributed by atoms with van der Waals surface area (Å²) in [7, 11) is 0. The zero-order valence-electron chi connectivity index (χ0n) is 11.5. The van der Waals surface area contributed by atoms with E-state index in [-0.39, 0.29) is 11.9 Å². The number of nitrogen functional groups attached to an aromatic ring is 1. The van der Waals surface area contributed by atoms with Crippen molar-refractivity contribution in [2.24, 2.45) is 0 Å². The van der Waals surface area contributed by atoms with Crippen LogP contribution in [0, 0.1) is 6.92 Å². The molecule has 20 heavy (non-hydrogen) atoms. The summed E-state index contributed by atoms with van der Waals surface area (Å²) in [4.78, 5) is 12.2. The van der Waals surface area contributed by atoms with Gasteiger partial charge in [-0.2, -0.15) is 0 Å². The van der Waals surface area contributed by atoms with Crippen LogP contribution in [0.4, 0.5) is 5.69 Å². The predicted molar refractivity (Wildman–Crippen MR) is 82.9 cm³/mol. The van der Waals surface area contributed by atoms with Gasteiger partial charge in [-0.25, -0.2) is 0 Å². The minimum atomic E-state index is -0.140. The Kier molecular flexibility index (Phi) is 4.30. The smallest absolute Gasteiger partial charge is 0.251 e. The zero-order valence-corrected chi connectivity index (χ0v) is 12.2. The first kappa shape index (κ1) is 14.4. The predicted octanol–water partition coefficient (Wildman–Crippen LogP) is 3.72. The van der Waals surface area contributed by atoms with Gasteiger partial charge < -0.3 is 11.1 Å². The SMILES string of the molecule is Cc1ccc(C(=O)N[C@H](C)c2ccc(Cl)cc2)cc1N. The van der Waals surface area contributed by atoms with Crippen LogP contribution in [0.2, 0.25) is 5.02 Å². The average Bonchev–Trinajstić information content (AvgIpc) is 2.42. The fraction of sp³-hybridized carbons (Fsp3) is 0.188. The lowest BCUT2D eigenvalue weighted by molar-refractivity contribution is 0.0940. The number of nitrogens with one attached hydrogen (secondary N) is 1. The first-order valence-corrected chi connectivity index (χ1v) is 6.77. The molecule has 0 radical (unpaired) electrons. The van der Waals surface area contributed by atoms with Gasteiger partial charge in [-0.15, -0.1) is 0 Å². The number of aryl methyl sites for hydroxylation is 1. The molecule has 0 bridgehead atoms. The van der Waals surface area contributed by atoms with E-state index in [0.29, 0.717) is 16.3 Å². The molecule has 1 atom stereocenters. The van der Waals surface area contributed by atoms with E-state index in [1.807, 2.05) is 44.2 Å². The van der Waals surface area contributed by atoms with Gasteiger partial charge in [0.25, 0.3) is 5.91 Å². The van der Waals surface area contributed by atoms with Crippen molar-refractivity contribution in [3.8, 4) is 0 Å². The Bertz CT molecular complexity index is 623. The zero-order chi connectivity index (χ0) is 14.7. The van der Waals surface area contributed by atoms with E-state index in [2.05, 4.69) is 5.32 Å². The highest BCUT2D eigenvalue weighted by molar-refractivity contribution is 6.30. The van der Waals surface area contributed by atoms with Crippen LogP contribution >= 0.6 is 11.6 Å². The van der Waals surface area contributed by atoms with Crippen molar-refractivity contribution >= 4 is 23.2 Å². The number of carbonyl (C=O) groups is 1. The van der Waals surface area contributed by atoms with E-state index in [1.54, 1.807) is 12.1 Å². The lowest BCUT2D eigenvalue weighted by Crippen LogP contribution is -2.26. The number of halogens is 1. The molecule has 0 saturated carbocycles. The van der Waals surface area contributed by atoms with Crippen LogP contribution in [0.3, 0.4) is 0 Å². The molecule has 0 spiro atoms. The van der Waals surface area contributed by atoms with Gasteiger partial charge in [-0.3, -0.25) is 4.79 Å². The molecule has 2 rings (SSSR count). The van der Waals surface area contributed by atoms with Crippen LogP contribution in [-0.4, -0.2) is 5.91 Å². The number of anilines is 1. The molecule has 2 aromatic rings. The molecule has 0 aliphatic heterocycles. The number of benzene rings is 2. The van der Waals surface area contributed by atoms with Crippen LogP contribution in [-0.2, 0) is 0 Å². The Balaban J connectivity index is 2.10. The maximum Gasteiger partial charge on any atom is 0.251 e. The largest absolute Gasteiger partial charge is 0.398 e. The van der Waals surface area contributed by atoms with Crippen molar-refractivity contribution in [2.45, 2.75) is 19.9 Å². The van der Waals surface area contributed by atoms with Gasteiger partial charge >= 0.3 is 0 Å². The van der Waals surface area contributed by atoms with E-state index >= 15 is 0 Å². The average molecular weight is 289 g/mol. The minimum Gasteiger partial charge on any atom is -0.398 e. The van der Waals surface area contributed by atoms with Gasteiger partial charge in [0, 0.05) is 16.3 Å². The molecule has 0 saturated heterocycles. The van der Waals surface area contributed by atoms with Gasteiger partial charge in [-0.1, -0.05) is 29.8 Å². The molecule has 0 unspecified atom stereocenters. The molecular weight excluding hydrogens is 272 g/mol. The lowest BCUT2D eigenvalue weighted by atomic mass is 10.1. The summed E-state index contributed by atoms with van der Waals surface area (Å²) in [6, 6.07) is 12.6. The molecule has 0 aromatic heterocycles. The Labute approximate surface area is 123 Å². The highest BCUT2D eigenvalue weighted by atomic mass is 35.5. The first-order chi connectivity index (χ1) is 9.47. The Hall–Kier alpha value is -2.00. The second-order valence-corrected chi connectivity index (χ2v) is 5.25. The Morgan fingerprint density at radius 3 is 2.45 bits per heavy atom. The van der Waals surface area contributed by atoms with Gasteiger partial charge in [-0.05, 0) is 49.2 Å². The number of amides is 1. The van der Waals surface area contributed by atoms with E-state index in [9.17, 15) is 4.79 Å². The van der Waals surface area contributed by atoms with E-state index in [4.69, 9.17) is 17.3 Å². The summed E-state index contributed by atoms with van der Waals surface area (Å²) in [5, 5.41) is 3.62. The molecule has 0 fully saturated rings. The van der Waals surface area contributed by atoms with Crippen molar-refractivity contribution in [1.82, 2.24) is 5.32 Å². The fourth-order valence-electron chi connectivity index (χ4n) is 1.90. The van der Waals surface area contributed by atoms with Crippen molar-refractivity contribution in [2.75, 3.05) is 5.73 Å². The van der Waals surface area contributed by atoms with Crippen molar-refractivity contribution < 1.29 is 4.79 Å². The van der Waals surface area contributed by atoms with Crippen LogP contribution in [0.15, 0.2) is 42.5 Å². The van der Waals surface area contributed by atoms with Crippen LogP contribution in [0.5, 0.6) is 0 Å². The third-order valence-electron chi connectivity index (χ3n) is 3.26. The van der Waals surface area contributed by atoms with Crippen molar-refractivity contribution in [3.05, 3.63) is 64.2 Å². The lowest BCUT2D eigenvalue weighted by Gasteiger charge is -2.15. The maximum absolute atomic E-state index is 12.2. The van der Waals surface area contributed by atoms with Crippen molar-refractivity contribution in [3.63, 3.8) is 0 Å². The normalized spacial score (nSPS) is 11.9.